The van der Waals surface area contributed by atoms with E-state index < -0.39 is 18.1 Å². The topological polar surface area (TPSA) is 29.5 Å². The molecule has 22 heavy (non-hydrogen) atoms. The van der Waals surface area contributed by atoms with Crippen LogP contribution in [0.1, 0.15) is 18.6 Å². The van der Waals surface area contributed by atoms with Crippen LogP contribution < -0.4 is 4.74 Å². The van der Waals surface area contributed by atoms with Crippen molar-refractivity contribution in [3.63, 3.8) is 0 Å². The van der Waals surface area contributed by atoms with E-state index in [9.17, 15) is 13.9 Å². The van der Waals surface area contributed by atoms with Crippen LogP contribution in [0.5, 0.6) is 5.75 Å². The van der Waals surface area contributed by atoms with Gasteiger partial charge in [0.1, 0.15) is 23.4 Å². The summed E-state index contributed by atoms with van der Waals surface area (Å²) in [6.07, 6.45) is 0.965. The summed E-state index contributed by atoms with van der Waals surface area (Å²) in [4.78, 5) is 0. The van der Waals surface area contributed by atoms with Crippen LogP contribution in [0.25, 0.3) is 10.8 Å². The molecule has 4 heteroatoms. The smallest absolute Gasteiger partial charge is 0.164 e. The van der Waals surface area contributed by atoms with Gasteiger partial charge in [0.15, 0.2) is 6.17 Å². The molecule has 0 aromatic heterocycles. The van der Waals surface area contributed by atoms with Crippen molar-refractivity contribution >= 4 is 10.8 Å². The number of halogens is 2. The van der Waals surface area contributed by atoms with Crippen molar-refractivity contribution in [1.29, 1.82) is 0 Å². The summed E-state index contributed by atoms with van der Waals surface area (Å²) in [5, 5.41) is 11.7. The first-order valence-corrected chi connectivity index (χ1v) is 7.21. The van der Waals surface area contributed by atoms with Gasteiger partial charge < -0.3 is 9.84 Å². The summed E-state index contributed by atoms with van der Waals surface area (Å²) in [5.41, 5.74) is 0.731. The van der Waals surface area contributed by atoms with Gasteiger partial charge in [0.2, 0.25) is 0 Å². The summed E-state index contributed by atoms with van der Waals surface area (Å²) in [7, 11) is 0. The third-order valence-electron chi connectivity index (χ3n) is 4.36. The molecule has 0 radical (unpaired) electrons. The highest BCUT2D eigenvalue weighted by molar-refractivity contribution is 5.89. The zero-order valence-corrected chi connectivity index (χ0v) is 11.9. The zero-order valence-electron chi connectivity index (χ0n) is 11.9. The Balaban J connectivity index is 1.97. The quantitative estimate of drug-likeness (QED) is 0.790. The van der Waals surface area contributed by atoms with Crippen LogP contribution in [0.15, 0.2) is 53.8 Å². The second-order valence-electron chi connectivity index (χ2n) is 5.76. The maximum Gasteiger partial charge on any atom is 0.164 e. The van der Waals surface area contributed by atoms with Gasteiger partial charge in [-0.15, -0.1) is 0 Å². The van der Waals surface area contributed by atoms with Gasteiger partial charge in [-0.1, -0.05) is 37.3 Å². The lowest BCUT2D eigenvalue weighted by Gasteiger charge is -2.32. The summed E-state index contributed by atoms with van der Waals surface area (Å²) >= 11 is 0. The van der Waals surface area contributed by atoms with E-state index in [4.69, 9.17) is 4.74 Å². The normalized spacial score (nSPS) is 26.6. The predicted molar refractivity (Wildman–Crippen MR) is 79.7 cm³/mol. The monoisotopic (exact) mass is 300 g/mol. The molecule has 1 aliphatic heterocycles. The Morgan fingerprint density at radius 2 is 2.00 bits per heavy atom. The van der Waals surface area contributed by atoms with Crippen LogP contribution in [0.4, 0.5) is 8.78 Å². The standard InChI is InChI=1S/C18H14F2O2/c1-9-5-7-11-17(21)15-13(22-18(11)16(9)20)8-6-10-3-2-4-12(19)14(10)15/h2-9,16-17,21H,1H3. The summed E-state index contributed by atoms with van der Waals surface area (Å²) < 4.78 is 34.3. The lowest BCUT2D eigenvalue weighted by atomic mass is 9.86. The fraction of sp³-hybridized carbons (Fsp3) is 0.222. The number of fused-ring (bicyclic) bond motifs is 3. The van der Waals surface area contributed by atoms with E-state index in [0.29, 0.717) is 27.7 Å². The highest BCUT2D eigenvalue weighted by atomic mass is 19.1. The molecule has 2 aliphatic rings. The molecular formula is C18H14F2O2. The molecule has 0 amide bonds. The number of alkyl halides is 1. The van der Waals surface area contributed by atoms with Gasteiger partial charge in [-0.05, 0) is 17.5 Å². The van der Waals surface area contributed by atoms with Crippen molar-refractivity contribution in [2.75, 3.05) is 0 Å². The van der Waals surface area contributed by atoms with Crippen molar-refractivity contribution in [2.24, 2.45) is 5.92 Å². The highest BCUT2D eigenvalue weighted by Crippen LogP contribution is 2.46. The molecule has 2 aromatic rings. The molecular weight excluding hydrogens is 286 g/mol. The largest absolute Gasteiger partial charge is 0.458 e. The number of allylic oxidation sites excluding steroid dienone is 2. The Bertz CT molecular complexity index is 838. The SMILES string of the molecule is CC1C=CC2=C(Oc3ccc4cccc(F)c4c3C2O)C1F. The number of hydrogen-bond donors (Lipinski definition) is 1. The van der Waals surface area contributed by atoms with Gasteiger partial charge in [0, 0.05) is 22.4 Å². The highest BCUT2D eigenvalue weighted by Gasteiger charge is 2.36. The van der Waals surface area contributed by atoms with Crippen LogP contribution in [0, 0.1) is 11.7 Å². The molecule has 3 atom stereocenters. The minimum absolute atomic E-state index is 0.130. The van der Waals surface area contributed by atoms with E-state index in [1.165, 1.54) is 6.07 Å². The van der Waals surface area contributed by atoms with Gasteiger partial charge in [0.05, 0.1) is 0 Å². The molecule has 2 nitrogen and oxygen atoms in total. The number of aliphatic hydroxyl groups is 1. The van der Waals surface area contributed by atoms with Gasteiger partial charge in [-0.2, -0.15) is 0 Å². The Morgan fingerprint density at radius 3 is 2.82 bits per heavy atom. The van der Waals surface area contributed by atoms with E-state index in [2.05, 4.69) is 0 Å². The van der Waals surface area contributed by atoms with E-state index >= 15 is 0 Å². The molecule has 0 saturated carbocycles. The van der Waals surface area contributed by atoms with Crippen LogP contribution in [-0.4, -0.2) is 11.3 Å². The minimum atomic E-state index is -1.31. The molecule has 3 unspecified atom stereocenters. The fourth-order valence-electron chi connectivity index (χ4n) is 3.15. The second-order valence-corrected chi connectivity index (χ2v) is 5.76. The molecule has 0 saturated heterocycles. The Morgan fingerprint density at radius 1 is 1.18 bits per heavy atom. The van der Waals surface area contributed by atoms with Crippen LogP contribution in [0.2, 0.25) is 0 Å². The first kappa shape index (κ1) is 13.5. The van der Waals surface area contributed by atoms with Crippen molar-refractivity contribution in [3.05, 3.63) is 65.2 Å². The van der Waals surface area contributed by atoms with Crippen LogP contribution in [-0.2, 0) is 0 Å². The first-order valence-electron chi connectivity index (χ1n) is 7.21. The number of benzene rings is 2. The van der Waals surface area contributed by atoms with Crippen LogP contribution in [0.3, 0.4) is 0 Å². The summed E-state index contributed by atoms with van der Waals surface area (Å²) in [6.45, 7) is 1.75. The van der Waals surface area contributed by atoms with E-state index in [1.807, 2.05) is 0 Å². The predicted octanol–water partition coefficient (Wildman–Crippen LogP) is 4.20. The Labute approximate surface area is 126 Å². The molecule has 0 fully saturated rings. The molecule has 112 valence electrons. The molecule has 1 aliphatic carbocycles. The number of rotatable bonds is 0. The van der Waals surface area contributed by atoms with Gasteiger partial charge in [0.25, 0.3) is 0 Å². The molecule has 1 heterocycles. The van der Waals surface area contributed by atoms with E-state index in [-0.39, 0.29) is 11.7 Å². The number of ether oxygens (including phenoxy) is 1. The average molecular weight is 300 g/mol. The van der Waals surface area contributed by atoms with Gasteiger partial charge >= 0.3 is 0 Å². The zero-order chi connectivity index (χ0) is 15.4. The lowest BCUT2D eigenvalue weighted by molar-refractivity contribution is 0.165. The van der Waals surface area contributed by atoms with Crippen LogP contribution >= 0.6 is 0 Å². The van der Waals surface area contributed by atoms with E-state index in [1.54, 1.807) is 43.3 Å². The summed E-state index contributed by atoms with van der Waals surface area (Å²) in [6, 6.07) is 8.09. The molecule has 4 rings (SSSR count). The molecule has 0 spiro atoms. The first-order chi connectivity index (χ1) is 10.6. The Hall–Kier alpha value is -2.20. The van der Waals surface area contributed by atoms with Gasteiger partial charge in [-0.25, -0.2) is 8.78 Å². The average Bonchev–Trinajstić information content (AvgIpc) is 2.51. The van der Waals surface area contributed by atoms with Gasteiger partial charge in [-0.3, -0.25) is 0 Å². The Kier molecular flexibility index (Phi) is 2.84. The third-order valence-corrected chi connectivity index (χ3v) is 4.36. The number of aliphatic hydroxyl groups excluding tert-OH is 1. The number of hydrogen-bond acceptors (Lipinski definition) is 2. The molecule has 2 aromatic carbocycles. The van der Waals surface area contributed by atoms with Crippen molar-refractivity contribution in [3.8, 4) is 5.75 Å². The second kappa shape index (κ2) is 4.65. The fourth-order valence-corrected chi connectivity index (χ4v) is 3.15. The molecule has 0 bridgehead atoms. The van der Waals surface area contributed by atoms with Crippen molar-refractivity contribution < 1.29 is 18.6 Å². The minimum Gasteiger partial charge on any atom is -0.458 e. The summed E-state index contributed by atoms with van der Waals surface area (Å²) in [5.74, 6) is -0.296. The maximum atomic E-state index is 14.4. The van der Waals surface area contributed by atoms with Crippen molar-refractivity contribution in [2.45, 2.75) is 19.2 Å². The van der Waals surface area contributed by atoms with Crippen molar-refractivity contribution in [1.82, 2.24) is 0 Å². The van der Waals surface area contributed by atoms with E-state index in [0.717, 1.165) is 0 Å². The lowest BCUT2D eigenvalue weighted by Crippen LogP contribution is -2.27. The molecule has 1 N–H and O–H groups in total. The maximum absolute atomic E-state index is 14.4. The third kappa shape index (κ3) is 1.74.